The molecule has 0 saturated heterocycles. The van der Waals surface area contributed by atoms with Crippen LogP contribution in [0.2, 0.25) is 0 Å². The Morgan fingerprint density at radius 3 is 2.76 bits per heavy atom. The van der Waals surface area contributed by atoms with E-state index in [0.717, 1.165) is 11.7 Å². The summed E-state index contributed by atoms with van der Waals surface area (Å²) in [4.78, 5) is 1.21. The van der Waals surface area contributed by atoms with Crippen LogP contribution < -0.4 is 5.32 Å². The van der Waals surface area contributed by atoms with Gasteiger partial charge in [-0.15, -0.1) is 5.10 Å². The van der Waals surface area contributed by atoms with Gasteiger partial charge in [-0.2, -0.15) is 0 Å². The lowest BCUT2D eigenvalue weighted by molar-refractivity contribution is 0.422. The molecule has 1 saturated carbocycles. The summed E-state index contributed by atoms with van der Waals surface area (Å²) in [5, 5.41) is 16.5. The van der Waals surface area contributed by atoms with Crippen LogP contribution in [0, 0.1) is 0 Å². The standard InChI is InChI=1S/C15H21N5S/c1-15(2,3)16-10-11-6-4-5-7-13(11)21-14-17-18-19-20(14)12-8-9-12/h4-7,12,16H,8-10H2,1-3H3. The summed E-state index contributed by atoms with van der Waals surface area (Å²) in [5.74, 6) is 0. The van der Waals surface area contributed by atoms with Gasteiger partial charge in [-0.25, -0.2) is 4.68 Å². The Balaban J connectivity index is 1.77. The summed E-state index contributed by atoms with van der Waals surface area (Å²) in [6, 6.07) is 8.94. The first kappa shape index (κ1) is 14.5. The first-order chi connectivity index (χ1) is 10.0. The van der Waals surface area contributed by atoms with E-state index in [4.69, 9.17) is 0 Å². The summed E-state index contributed by atoms with van der Waals surface area (Å²) < 4.78 is 1.96. The van der Waals surface area contributed by atoms with Crippen molar-refractivity contribution in [2.75, 3.05) is 0 Å². The van der Waals surface area contributed by atoms with Crippen molar-refractivity contribution in [3.8, 4) is 0 Å². The Bertz CT molecular complexity index is 613. The molecular weight excluding hydrogens is 282 g/mol. The molecular formula is C15H21N5S. The molecule has 3 rings (SSSR count). The van der Waals surface area contributed by atoms with Gasteiger partial charge in [0.05, 0.1) is 6.04 Å². The van der Waals surface area contributed by atoms with Crippen molar-refractivity contribution in [1.29, 1.82) is 0 Å². The predicted octanol–water partition coefficient (Wildman–Crippen LogP) is 3.05. The van der Waals surface area contributed by atoms with Crippen molar-refractivity contribution in [2.45, 2.75) is 61.8 Å². The lowest BCUT2D eigenvalue weighted by atomic mass is 10.1. The second-order valence-electron chi connectivity index (χ2n) is 6.45. The number of hydrogen-bond acceptors (Lipinski definition) is 5. The van der Waals surface area contributed by atoms with E-state index in [2.05, 4.69) is 65.9 Å². The van der Waals surface area contributed by atoms with E-state index >= 15 is 0 Å². The van der Waals surface area contributed by atoms with Crippen molar-refractivity contribution in [2.24, 2.45) is 0 Å². The van der Waals surface area contributed by atoms with Crippen LogP contribution in [0.4, 0.5) is 0 Å². The average Bonchev–Trinajstić information content (AvgIpc) is 3.17. The third kappa shape index (κ3) is 3.83. The van der Waals surface area contributed by atoms with Crippen LogP contribution in [-0.4, -0.2) is 25.7 Å². The van der Waals surface area contributed by atoms with Gasteiger partial charge in [0.15, 0.2) is 0 Å². The number of aromatic nitrogens is 4. The maximum atomic E-state index is 4.17. The molecule has 1 heterocycles. The zero-order chi connectivity index (χ0) is 14.9. The SMILES string of the molecule is CC(C)(C)NCc1ccccc1Sc1nnnn1C1CC1. The van der Waals surface area contributed by atoms with E-state index in [0.29, 0.717) is 6.04 Å². The lowest BCUT2D eigenvalue weighted by Crippen LogP contribution is -2.35. The number of hydrogen-bond donors (Lipinski definition) is 1. The maximum Gasteiger partial charge on any atom is 0.214 e. The van der Waals surface area contributed by atoms with Crippen molar-refractivity contribution in [1.82, 2.24) is 25.5 Å². The third-order valence-corrected chi connectivity index (χ3v) is 4.41. The Morgan fingerprint density at radius 2 is 2.05 bits per heavy atom. The molecule has 1 N–H and O–H groups in total. The normalized spacial score (nSPS) is 15.4. The highest BCUT2D eigenvalue weighted by Crippen LogP contribution is 2.38. The highest BCUT2D eigenvalue weighted by molar-refractivity contribution is 7.99. The fraction of sp³-hybridized carbons (Fsp3) is 0.533. The van der Waals surface area contributed by atoms with Crippen LogP contribution in [0.15, 0.2) is 34.3 Å². The fourth-order valence-corrected chi connectivity index (χ4v) is 2.98. The Labute approximate surface area is 129 Å². The smallest absolute Gasteiger partial charge is 0.214 e. The molecule has 0 spiro atoms. The number of nitrogens with zero attached hydrogens (tertiary/aromatic N) is 4. The topological polar surface area (TPSA) is 55.6 Å². The summed E-state index contributed by atoms with van der Waals surface area (Å²) in [6.45, 7) is 7.38. The first-order valence-corrected chi connectivity index (χ1v) is 8.13. The number of nitrogens with one attached hydrogen (secondary N) is 1. The summed E-state index contributed by atoms with van der Waals surface area (Å²) in [7, 11) is 0. The van der Waals surface area contributed by atoms with Crippen molar-refractivity contribution in [3.63, 3.8) is 0 Å². The number of tetrazole rings is 1. The molecule has 6 heteroatoms. The molecule has 1 aliphatic carbocycles. The first-order valence-electron chi connectivity index (χ1n) is 7.31. The number of benzene rings is 1. The highest BCUT2D eigenvalue weighted by Gasteiger charge is 2.28. The van der Waals surface area contributed by atoms with Crippen molar-refractivity contribution >= 4 is 11.8 Å². The van der Waals surface area contributed by atoms with E-state index in [-0.39, 0.29) is 5.54 Å². The van der Waals surface area contributed by atoms with Gasteiger partial charge in [0.2, 0.25) is 5.16 Å². The van der Waals surface area contributed by atoms with Gasteiger partial charge in [-0.1, -0.05) is 18.2 Å². The monoisotopic (exact) mass is 303 g/mol. The molecule has 0 unspecified atom stereocenters. The molecule has 1 aliphatic rings. The zero-order valence-corrected chi connectivity index (χ0v) is 13.5. The summed E-state index contributed by atoms with van der Waals surface area (Å²) >= 11 is 1.65. The number of rotatable bonds is 5. The molecule has 5 nitrogen and oxygen atoms in total. The molecule has 112 valence electrons. The van der Waals surface area contributed by atoms with Crippen molar-refractivity contribution < 1.29 is 0 Å². The second kappa shape index (κ2) is 5.77. The van der Waals surface area contributed by atoms with Crippen LogP contribution in [0.1, 0.15) is 45.2 Å². The summed E-state index contributed by atoms with van der Waals surface area (Å²) in [5.41, 5.74) is 1.38. The van der Waals surface area contributed by atoms with Gasteiger partial charge < -0.3 is 5.32 Å². The summed E-state index contributed by atoms with van der Waals surface area (Å²) in [6.07, 6.45) is 2.37. The predicted molar refractivity (Wildman–Crippen MR) is 83.2 cm³/mol. The van der Waals surface area contributed by atoms with Gasteiger partial charge >= 0.3 is 0 Å². The fourth-order valence-electron chi connectivity index (χ4n) is 2.01. The molecule has 21 heavy (non-hydrogen) atoms. The van der Waals surface area contributed by atoms with Gasteiger partial charge in [0, 0.05) is 17.0 Å². The Hall–Kier alpha value is -1.40. The minimum absolute atomic E-state index is 0.105. The maximum absolute atomic E-state index is 4.17. The van der Waals surface area contributed by atoms with Crippen LogP contribution in [0.25, 0.3) is 0 Å². The Morgan fingerprint density at radius 1 is 1.29 bits per heavy atom. The quantitative estimate of drug-likeness (QED) is 0.920. The van der Waals surface area contributed by atoms with Gasteiger partial charge in [0.1, 0.15) is 0 Å². The van der Waals surface area contributed by atoms with E-state index < -0.39 is 0 Å². The molecule has 0 atom stereocenters. The zero-order valence-electron chi connectivity index (χ0n) is 12.7. The van der Waals surface area contributed by atoms with Gasteiger partial charge in [0.25, 0.3) is 0 Å². The van der Waals surface area contributed by atoms with Crippen molar-refractivity contribution in [3.05, 3.63) is 29.8 Å². The molecule has 1 aromatic carbocycles. The van der Waals surface area contributed by atoms with E-state index in [1.54, 1.807) is 11.8 Å². The van der Waals surface area contributed by atoms with Gasteiger partial charge in [-0.05, 0) is 67.4 Å². The van der Waals surface area contributed by atoms with E-state index in [1.165, 1.54) is 23.3 Å². The lowest BCUT2D eigenvalue weighted by Gasteiger charge is -2.21. The largest absolute Gasteiger partial charge is 0.308 e. The highest BCUT2D eigenvalue weighted by atomic mass is 32.2. The molecule has 0 radical (unpaired) electrons. The third-order valence-electron chi connectivity index (χ3n) is 3.34. The molecule has 1 aromatic heterocycles. The van der Waals surface area contributed by atoms with Gasteiger partial charge in [-0.3, -0.25) is 0 Å². The van der Waals surface area contributed by atoms with Crippen LogP contribution in [0.5, 0.6) is 0 Å². The molecule has 2 aromatic rings. The van der Waals surface area contributed by atoms with E-state index in [9.17, 15) is 0 Å². The van der Waals surface area contributed by atoms with E-state index in [1.807, 2.05) is 4.68 Å². The van der Waals surface area contributed by atoms with Crippen LogP contribution in [-0.2, 0) is 6.54 Å². The minimum Gasteiger partial charge on any atom is -0.308 e. The van der Waals surface area contributed by atoms with Crippen LogP contribution >= 0.6 is 11.8 Å². The molecule has 0 aliphatic heterocycles. The average molecular weight is 303 g/mol. The second-order valence-corrected chi connectivity index (χ2v) is 7.46. The molecule has 0 bridgehead atoms. The molecule has 0 amide bonds. The minimum atomic E-state index is 0.105. The Kier molecular flexibility index (Phi) is 3.99. The van der Waals surface area contributed by atoms with Crippen LogP contribution in [0.3, 0.4) is 0 Å². The molecule has 1 fully saturated rings.